The first kappa shape index (κ1) is 18.9. The molecule has 31 heavy (non-hydrogen) atoms. The van der Waals surface area contributed by atoms with Gasteiger partial charge >= 0.3 is 0 Å². The maximum absolute atomic E-state index is 12.3. The Morgan fingerprint density at radius 3 is 2.68 bits per heavy atom. The van der Waals surface area contributed by atoms with E-state index >= 15 is 0 Å². The molecule has 2 heterocycles. The van der Waals surface area contributed by atoms with Gasteiger partial charge in [-0.15, -0.1) is 0 Å². The Morgan fingerprint density at radius 1 is 0.968 bits per heavy atom. The molecule has 6 heteroatoms. The number of hydrazone groups is 1. The van der Waals surface area contributed by atoms with Crippen LogP contribution in [0.1, 0.15) is 16.7 Å². The minimum absolute atomic E-state index is 0.192. The number of amides is 1. The van der Waals surface area contributed by atoms with Crippen molar-refractivity contribution in [2.24, 2.45) is 5.10 Å². The molecule has 3 aromatic carbocycles. The normalized spacial score (nSPS) is 12.5. The lowest BCUT2D eigenvalue weighted by Gasteiger charge is -2.05. The molecule has 1 aliphatic heterocycles. The predicted molar refractivity (Wildman–Crippen MR) is 119 cm³/mol. The molecule has 0 radical (unpaired) electrons. The lowest BCUT2D eigenvalue weighted by Crippen LogP contribution is -2.19. The SMILES string of the molecule is O=C(Cc1ccc2c(c1)OCO2)N/N=C/c1cn(Cc2ccccc2)c2ccccc12. The van der Waals surface area contributed by atoms with Crippen molar-refractivity contribution in [3.63, 3.8) is 0 Å². The van der Waals surface area contributed by atoms with Gasteiger partial charge in [0.05, 0.1) is 12.6 Å². The van der Waals surface area contributed by atoms with E-state index in [0.717, 1.165) is 28.6 Å². The standard InChI is InChI=1S/C25H21N3O3/c29-25(13-19-10-11-23-24(12-19)31-17-30-23)27-26-14-20-16-28(15-18-6-2-1-3-7-18)22-9-5-4-8-21(20)22/h1-12,14,16H,13,15,17H2,(H,27,29)/b26-14+. The van der Waals surface area contributed by atoms with E-state index in [1.54, 1.807) is 6.21 Å². The fraction of sp³-hybridized carbons (Fsp3) is 0.120. The minimum atomic E-state index is -0.192. The van der Waals surface area contributed by atoms with Crippen LogP contribution < -0.4 is 14.9 Å². The number of nitrogens with one attached hydrogen (secondary N) is 1. The van der Waals surface area contributed by atoms with Crippen molar-refractivity contribution in [2.45, 2.75) is 13.0 Å². The second-order valence-corrected chi connectivity index (χ2v) is 7.37. The second-order valence-electron chi connectivity index (χ2n) is 7.37. The van der Waals surface area contributed by atoms with Crippen molar-refractivity contribution < 1.29 is 14.3 Å². The summed E-state index contributed by atoms with van der Waals surface area (Å²) in [5, 5.41) is 5.28. The first-order chi connectivity index (χ1) is 15.3. The van der Waals surface area contributed by atoms with Crippen LogP contribution in [0.25, 0.3) is 10.9 Å². The third-order valence-corrected chi connectivity index (χ3v) is 5.21. The number of benzene rings is 3. The van der Waals surface area contributed by atoms with Gasteiger partial charge in [-0.2, -0.15) is 5.10 Å². The minimum Gasteiger partial charge on any atom is -0.454 e. The fourth-order valence-corrected chi connectivity index (χ4v) is 3.74. The Balaban J connectivity index is 1.29. The van der Waals surface area contributed by atoms with Gasteiger partial charge in [0.2, 0.25) is 12.7 Å². The fourth-order valence-electron chi connectivity index (χ4n) is 3.74. The maximum atomic E-state index is 12.3. The van der Waals surface area contributed by atoms with Gasteiger partial charge < -0.3 is 14.0 Å². The summed E-state index contributed by atoms with van der Waals surface area (Å²) in [6.45, 7) is 0.985. The van der Waals surface area contributed by atoms with E-state index in [9.17, 15) is 4.79 Å². The lowest BCUT2D eigenvalue weighted by molar-refractivity contribution is -0.120. The van der Waals surface area contributed by atoms with E-state index in [1.807, 2.05) is 48.5 Å². The molecule has 5 rings (SSSR count). The summed E-state index contributed by atoms with van der Waals surface area (Å²) >= 11 is 0. The lowest BCUT2D eigenvalue weighted by atomic mass is 10.1. The highest BCUT2D eigenvalue weighted by molar-refractivity contribution is 5.99. The summed E-state index contributed by atoms with van der Waals surface area (Å²) in [6.07, 6.45) is 3.97. The van der Waals surface area contributed by atoms with Crippen molar-refractivity contribution in [3.8, 4) is 11.5 Å². The Bertz CT molecular complexity index is 1260. The zero-order valence-corrected chi connectivity index (χ0v) is 16.8. The summed E-state index contributed by atoms with van der Waals surface area (Å²) < 4.78 is 12.9. The third-order valence-electron chi connectivity index (χ3n) is 5.21. The average Bonchev–Trinajstić information content (AvgIpc) is 3.39. The number of fused-ring (bicyclic) bond motifs is 2. The highest BCUT2D eigenvalue weighted by Crippen LogP contribution is 2.32. The number of hydrogen-bond donors (Lipinski definition) is 1. The number of hydrogen-bond acceptors (Lipinski definition) is 4. The van der Waals surface area contributed by atoms with Gasteiger partial charge in [0.1, 0.15) is 0 Å². The molecule has 0 fully saturated rings. The number of carbonyl (C=O) groups is 1. The van der Waals surface area contributed by atoms with E-state index in [1.165, 1.54) is 5.56 Å². The molecule has 0 saturated heterocycles. The third kappa shape index (κ3) is 4.14. The molecule has 1 amide bonds. The first-order valence-electron chi connectivity index (χ1n) is 10.1. The van der Waals surface area contributed by atoms with E-state index in [4.69, 9.17) is 9.47 Å². The molecular weight excluding hydrogens is 390 g/mol. The summed E-state index contributed by atoms with van der Waals surface area (Å²) in [5.41, 5.74) is 6.77. The van der Waals surface area contributed by atoms with Gasteiger partial charge in [-0.25, -0.2) is 5.43 Å². The molecule has 0 saturated carbocycles. The van der Waals surface area contributed by atoms with Crippen LogP contribution >= 0.6 is 0 Å². The van der Waals surface area contributed by atoms with Crippen LogP contribution in [0.3, 0.4) is 0 Å². The molecule has 0 bridgehead atoms. The van der Waals surface area contributed by atoms with Crippen LogP contribution in [0, 0.1) is 0 Å². The van der Waals surface area contributed by atoms with Crippen LogP contribution in [0.5, 0.6) is 11.5 Å². The zero-order valence-electron chi connectivity index (χ0n) is 16.8. The summed E-state index contributed by atoms with van der Waals surface area (Å²) in [5.74, 6) is 1.18. The predicted octanol–water partition coefficient (Wildman–Crippen LogP) is 4.11. The second kappa shape index (κ2) is 8.36. The molecule has 1 N–H and O–H groups in total. The monoisotopic (exact) mass is 411 g/mol. The van der Waals surface area contributed by atoms with Gasteiger partial charge in [-0.05, 0) is 29.3 Å². The topological polar surface area (TPSA) is 64.8 Å². The van der Waals surface area contributed by atoms with Crippen molar-refractivity contribution in [1.82, 2.24) is 9.99 Å². The van der Waals surface area contributed by atoms with Gasteiger partial charge in [-0.3, -0.25) is 4.79 Å². The molecule has 0 aliphatic carbocycles. The summed E-state index contributed by atoms with van der Waals surface area (Å²) in [4.78, 5) is 12.3. The van der Waals surface area contributed by atoms with Crippen molar-refractivity contribution in [3.05, 3.63) is 95.7 Å². The van der Waals surface area contributed by atoms with E-state index in [0.29, 0.717) is 11.5 Å². The van der Waals surface area contributed by atoms with Crippen LogP contribution in [0.2, 0.25) is 0 Å². The van der Waals surface area contributed by atoms with Crippen molar-refractivity contribution >= 4 is 23.0 Å². The molecule has 6 nitrogen and oxygen atoms in total. The molecule has 1 aromatic heterocycles. The number of aromatic nitrogens is 1. The molecule has 0 spiro atoms. The number of rotatable bonds is 6. The smallest absolute Gasteiger partial charge is 0.244 e. The molecule has 0 unspecified atom stereocenters. The first-order valence-corrected chi connectivity index (χ1v) is 10.1. The van der Waals surface area contributed by atoms with Crippen LogP contribution in [-0.4, -0.2) is 23.5 Å². The van der Waals surface area contributed by atoms with Gasteiger partial charge in [-0.1, -0.05) is 54.6 Å². The van der Waals surface area contributed by atoms with E-state index < -0.39 is 0 Å². The van der Waals surface area contributed by atoms with Crippen LogP contribution in [-0.2, 0) is 17.8 Å². The Hall–Kier alpha value is -4.06. The van der Waals surface area contributed by atoms with E-state index in [-0.39, 0.29) is 19.1 Å². The highest BCUT2D eigenvalue weighted by atomic mass is 16.7. The zero-order chi connectivity index (χ0) is 21.0. The molecular formula is C25H21N3O3. The molecule has 154 valence electrons. The van der Waals surface area contributed by atoms with Crippen LogP contribution in [0.15, 0.2) is 84.1 Å². The number of carbonyl (C=O) groups excluding carboxylic acids is 1. The maximum Gasteiger partial charge on any atom is 0.244 e. The quantitative estimate of drug-likeness (QED) is 0.384. The average molecular weight is 411 g/mol. The van der Waals surface area contributed by atoms with Gasteiger partial charge in [0.15, 0.2) is 11.5 Å². The van der Waals surface area contributed by atoms with Gasteiger partial charge in [0, 0.05) is 29.2 Å². The number of ether oxygens (including phenoxy) is 2. The molecule has 4 aromatic rings. The number of para-hydroxylation sites is 1. The van der Waals surface area contributed by atoms with Crippen LogP contribution in [0.4, 0.5) is 0 Å². The Kier molecular flexibility index (Phi) is 5.10. The van der Waals surface area contributed by atoms with Crippen molar-refractivity contribution in [2.75, 3.05) is 6.79 Å². The van der Waals surface area contributed by atoms with Crippen molar-refractivity contribution in [1.29, 1.82) is 0 Å². The van der Waals surface area contributed by atoms with Gasteiger partial charge in [0.25, 0.3) is 0 Å². The summed E-state index contributed by atoms with van der Waals surface area (Å²) in [6, 6.07) is 24.0. The highest BCUT2D eigenvalue weighted by Gasteiger charge is 2.14. The summed E-state index contributed by atoms with van der Waals surface area (Å²) in [7, 11) is 0. The molecule has 1 aliphatic rings. The Morgan fingerprint density at radius 2 is 1.77 bits per heavy atom. The largest absolute Gasteiger partial charge is 0.454 e. The van der Waals surface area contributed by atoms with E-state index in [2.05, 4.69) is 45.6 Å². The molecule has 0 atom stereocenters. The number of nitrogens with zero attached hydrogens (tertiary/aromatic N) is 2. The Labute approximate surface area is 179 Å².